The molecule has 7 heteroatoms. The van der Waals surface area contributed by atoms with E-state index >= 15 is 0 Å². The molecule has 4 rings (SSSR count). The minimum atomic E-state index is -1.16. The summed E-state index contributed by atoms with van der Waals surface area (Å²) in [6.07, 6.45) is 3.14. The third-order valence-electron chi connectivity index (χ3n) is 4.38. The molecule has 158 valence electrons. The molecule has 0 fully saturated rings. The molecule has 0 aliphatic carbocycles. The first kappa shape index (κ1) is 21.8. The smallest absolute Gasteiger partial charge is 0.336 e. The Morgan fingerprint density at radius 3 is 2.26 bits per heavy atom. The molecule has 0 aliphatic heterocycles. The van der Waals surface area contributed by atoms with E-state index in [0.29, 0.717) is 29.2 Å². The van der Waals surface area contributed by atoms with E-state index in [1.165, 1.54) is 24.4 Å². The zero-order valence-electron chi connectivity index (χ0n) is 17.5. The lowest BCUT2D eigenvalue weighted by molar-refractivity contribution is 0.0699. The van der Waals surface area contributed by atoms with E-state index in [4.69, 9.17) is 4.74 Å². The van der Waals surface area contributed by atoms with Crippen molar-refractivity contribution in [2.75, 3.05) is 6.61 Å². The normalized spacial score (nSPS) is 10.3. The Bertz CT molecular complexity index is 1190. The number of aromatic nitrogens is 3. The topological polar surface area (TPSA) is 85.2 Å². The number of carbonyl (C=O) groups is 1. The van der Waals surface area contributed by atoms with Gasteiger partial charge in [-0.2, -0.15) is 0 Å². The third-order valence-corrected chi connectivity index (χ3v) is 4.38. The Morgan fingerprint density at radius 1 is 0.968 bits per heavy atom. The molecule has 0 amide bonds. The van der Waals surface area contributed by atoms with Gasteiger partial charge in [0.1, 0.15) is 17.3 Å². The summed E-state index contributed by atoms with van der Waals surface area (Å²) in [4.78, 5) is 24.8. The van der Waals surface area contributed by atoms with Gasteiger partial charge in [-0.1, -0.05) is 13.8 Å². The Hall–Kier alpha value is -3.87. The van der Waals surface area contributed by atoms with Crippen LogP contribution in [0.5, 0.6) is 5.75 Å². The van der Waals surface area contributed by atoms with Crippen LogP contribution in [0, 0.1) is 5.82 Å². The highest BCUT2D eigenvalue weighted by Gasteiger charge is 2.15. The molecule has 0 saturated carbocycles. The van der Waals surface area contributed by atoms with Crippen LogP contribution in [0.2, 0.25) is 0 Å². The van der Waals surface area contributed by atoms with Crippen LogP contribution in [0.25, 0.3) is 33.5 Å². The highest BCUT2D eigenvalue weighted by Crippen LogP contribution is 2.26. The largest absolute Gasteiger partial charge is 0.494 e. The Labute approximate surface area is 179 Å². The van der Waals surface area contributed by atoms with Crippen LogP contribution in [0.1, 0.15) is 31.1 Å². The quantitative estimate of drug-likeness (QED) is 0.452. The summed E-state index contributed by atoms with van der Waals surface area (Å²) in [5.74, 6) is -0.906. The molecule has 0 bridgehead atoms. The second kappa shape index (κ2) is 9.75. The lowest BCUT2D eigenvalue weighted by Gasteiger charge is -2.08. The molecule has 0 radical (unpaired) electrons. The van der Waals surface area contributed by atoms with E-state index in [0.717, 1.165) is 17.4 Å². The standard InChI is InChI=1S/C22H16FN3O3.C2H6/c1-2-29-15-6-3-13(4-7-15)20-11-25-21(12-24-20)19-10-17(22(27)28)16-9-14(23)5-8-18(16)26-19;1-2/h3-12H,2H2,1H3,(H,27,28);1-2H3. The Balaban J connectivity index is 0.00000132. The van der Waals surface area contributed by atoms with Crippen molar-refractivity contribution in [1.82, 2.24) is 15.0 Å². The number of fused-ring (bicyclic) bond motifs is 1. The van der Waals surface area contributed by atoms with Crippen molar-refractivity contribution in [2.24, 2.45) is 0 Å². The van der Waals surface area contributed by atoms with E-state index in [1.54, 1.807) is 6.20 Å². The maximum atomic E-state index is 13.5. The van der Waals surface area contributed by atoms with Crippen LogP contribution in [0.4, 0.5) is 4.39 Å². The molecule has 2 aromatic heterocycles. The highest BCUT2D eigenvalue weighted by atomic mass is 19.1. The van der Waals surface area contributed by atoms with Crippen molar-refractivity contribution in [2.45, 2.75) is 20.8 Å². The van der Waals surface area contributed by atoms with Gasteiger partial charge in [0.15, 0.2) is 0 Å². The van der Waals surface area contributed by atoms with Crippen molar-refractivity contribution < 1.29 is 19.0 Å². The second-order valence-corrected chi connectivity index (χ2v) is 6.27. The molecule has 31 heavy (non-hydrogen) atoms. The van der Waals surface area contributed by atoms with E-state index in [9.17, 15) is 14.3 Å². The molecule has 0 spiro atoms. The molecule has 2 aromatic carbocycles. The lowest BCUT2D eigenvalue weighted by Crippen LogP contribution is -2.01. The average Bonchev–Trinajstić information content (AvgIpc) is 2.80. The molecule has 0 saturated heterocycles. The molecule has 4 aromatic rings. The summed E-state index contributed by atoms with van der Waals surface area (Å²) >= 11 is 0. The number of halogens is 1. The van der Waals surface area contributed by atoms with E-state index in [2.05, 4.69) is 15.0 Å². The first-order chi connectivity index (χ1) is 15.0. The Kier molecular flexibility index (Phi) is 6.87. The van der Waals surface area contributed by atoms with Crippen LogP contribution in [0.3, 0.4) is 0 Å². The molecular formula is C24H22FN3O3. The number of aromatic carboxylic acids is 1. The van der Waals surface area contributed by atoms with Crippen LogP contribution in [-0.4, -0.2) is 32.6 Å². The number of carboxylic acids is 1. The average molecular weight is 419 g/mol. The molecule has 0 unspecified atom stereocenters. The Morgan fingerprint density at radius 2 is 1.65 bits per heavy atom. The van der Waals surface area contributed by atoms with Gasteiger partial charge in [-0.3, -0.25) is 9.97 Å². The van der Waals surface area contributed by atoms with Gasteiger partial charge < -0.3 is 9.84 Å². The monoisotopic (exact) mass is 419 g/mol. The summed E-state index contributed by atoms with van der Waals surface area (Å²) < 4.78 is 19.0. The van der Waals surface area contributed by atoms with Crippen molar-refractivity contribution in [1.29, 1.82) is 0 Å². The predicted molar refractivity (Wildman–Crippen MR) is 118 cm³/mol. The van der Waals surface area contributed by atoms with Gasteiger partial charge in [0.05, 0.1) is 41.5 Å². The van der Waals surface area contributed by atoms with Crippen LogP contribution < -0.4 is 4.74 Å². The number of hydrogen-bond acceptors (Lipinski definition) is 5. The number of ether oxygens (including phenoxy) is 1. The van der Waals surface area contributed by atoms with Crippen LogP contribution in [0.15, 0.2) is 60.9 Å². The molecule has 6 nitrogen and oxygen atoms in total. The fourth-order valence-corrected chi connectivity index (χ4v) is 3.00. The number of pyridine rings is 1. The first-order valence-electron chi connectivity index (χ1n) is 9.94. The number of hydrogen-bond donors (Lipinski definition) is 1. The minimum absolute atomic E-state index is 0.0399. The second-order valence-electron chi connectivity index (χ2n) is 6.27. The molecular weight excluding hydrogens is 397 g/mol. The summed E-state index contributed by atoms with van der Waals surface area (Å²) in [7, 11) is 0. The van der Waals surface area contributed by atoms with Gasteiger partial charge >= 0.3 is 5.97 Å². The third kappa shape index (κ3) is 4.83. The van der Waals surface area contributed by atoms with Crippen molar-refractivity contribution in [3.63, 3.8) is 0 Å². The zero-order chi connectivity index (χ0) is 22.4. The van der Waals surface area contributed by atoms with Crippen LogP contribution in [-0.2, 0) is 0 Å². The van der Waals surface area contributed by atoms with Gasteiger partial charge in [0.2, 0.25) is 0 Å². The predicted octanol–water partition coefficient (Wildman–Crippen LogP) is 5.62. The molecule has 0 atom stereocenters. The maximum absolute atomic E-state index is 13.5. The molecule has 2 heterocycles. The summed E-state index contributed by atoms with van der Waals surface area (Å²) in [5, 5.41) is 9.74. The summed E-state index contributed by atoms with van der Waals surface area (Å²) in [6.45, 7) is 6.52. The number of carboxylic acid groups (broad SMARTS) is 1. The first-order valence-corrected chi connectivity index (χ1v) is 9.94. The lowest BCUT2D eigenvalue weighted by atomic mass is 10.1. The fraction of sp³-hybridized carbons (Fsp3) is 0.167. The maximum Gasteiger partial charge on any atom is 0.336 e. The highest BCUT2D eigenvalue weighted by molar-refractivity contribution is 6.03. The van der Waals surface area contributed by atoms with Crippen LogP contribution >= 0.6 is 0 Å². The van der Waals surface area contributed by atoms with Crippen molar-refractivity contribution in [3.05, 3.63) is 72.3 Å². The van der Waals surface area contributed by atoms with E-state index in [1.807, 2.05) is 45.0 Å². The number of rotatable bonds is 5. The van der Waals surface area contributed by atoms with Crippen molar-refractivity contribution in [3.8, 4) is 28.4 Å². The van der Waals surface area contributed by atoms with Gasteiger partial charge in [-0.25, -0.2) is 14.2 Å². The van der Waals surface area contributed by atoms with E-state index < -0.39 is 11.8 Å². The van der Waals surface area contributed by atoms with Crippen molar-refractivity contribution >= 4 is 16.9 Å². The van der Waals surface area contributed by atoms with Gasteiger partial charge in [0.25, 0.3) is 0 Å². The van der Waals surface area contributed by atoms with Gasteiger partial charge in [0, 0.05) is 10.9 Å². The number of benzene rings is 2. The number of nitrogens with zero attached hydrogens (tertiary/aromatic N) is 3. The summed E-state index contributed by atoms with van der Waals surface area (Å²) in [5.41, 5.74) is 2.65. The SMILES string of the molecule is CC.CCOc1ccc(-c2cnc(-c3cc(C(=O)O)c4cc(F)ccc4n3)cn2)cc1. The zero-order valence-corrected chi connectivity index (χ0v) is 17.5. The molecule has 1 N–H and O–H groups in total. The summed E-state index contributed by atoms with van der Waals surface area (Å²) in [6, 6.07) is 12.7. The van der Waals surface area contributed by atoms with Gasteiger partial charge in [-0.05, 0) is 55.5 Å². The van der Waals surface area contributed by atoms with E-state index in [-0.39, 0.29) is 10.9 Å². The fourth-order valence-electron chi connectivity index (χ4n) is 3.00. The minimum Gasteiger partial charge on any atom is -0.494 e. The molecule has 0 aliphatic rings. The van der Waals surface area contributed by atoms with Gasteiger partial charge in [-0.15, -0.1) is 0 Å².